The third-order valence-corrected chi connectivity index (χ3v) is 5.30. The molecule has 0 amide bonds. The Morgan fingerprint density at radius 3 is 2.32 bits per heavy atom. The summed E-state index contributed by atoms with van der Waals surface area (Å²) in [4.78, 5) is 2.22. The lowest BCUT2D eigenvalue weighted by Crippen LogP contribution is -1.83. The molecule has 0 aliphatic carbocycles. The zero-order valence-electron chi connectivity index (χ0n) is 13.5. The maximum atomic E-state index is 6.17. The Morgan fingerprint density at radius 2 is 1.60 bits per heavy atom. The number of halogens is 1. The Hall–Kier alpha value is -2.36. The highest BCUT2D eigenvalue weighted by Gasteiger charge is 2.17. The second-order valence-corrected chi connectivity index (χ2v) is 7.06. The average molecular weight is 367 g/mol. The van der Waals surface area contributed by atoms with E-state index in [9.17, 15) is 0 Å². The number of fused-ring (bicyclic) bond motifs is 1. The fourth-order valence-corrected chi connectivity index (χ4v) is 3.84. The van der Waals surface area contributed by atoms with Crippen LogP contribution in [0.15, 0.2) is 87.0 Å². The standard InChI is InChI=1S/C21H15ClO2S/c1-23-16-10-6-14(7-11-16)20-21(18-4-2-3-5-19(18)24-20)25-17-12-8-15(22)9-13-17/h2-13H,1H3. The molecule has 0 aliphatic heterocycles. The molecule has 4 rings (SSSR count). The van der Waals surface area contributed by atoms with E-state index >= 15 is 0 Å². The van der Waals surface area contributed by atoms with Gasteiger partial charge in [-0.2, -0.15) is 0 Å². The Labute approximate surface area is 155 Å². The van der Waals surface area contributed by atoms with Crippen molar-refractivity contribution in [3.63, 3.8) is 0 Å². The average Bonchev–Trinajstić information content (AvgIpc) is 3.02. The number of para-hydroxylation sites is 1. The van der Waals surface area contributed by atoms with Crippen molar-refractivity contribution in [1.29, 1.82) is 0 Å². The number of methoxy groups -OCH3 is 1. The number of hydrogen-bond acceptors (Lipinski definition) is 3. The van der Waals surface area contributed by atoms with Gasteiger partial charge in [-0.1, -0.05) is 35.5 Å². The van der Waals surface area contributed by atoms with E-state index in [1.165, 1.54) is 0 Å². The molecule has 0 aliphatic rings. The first-order valence-corrected chi connectivity index (χ1v) is 9.03. The second-order valence-electron chi connectivity index (χ2n) is 5.54. The summed E-state index contributed by atoms with van der Waals surface area (Å²) in [6, 6.07) is 23.9. The first-order chi connectivity index (χ1) is 12.2. The van der Waals surface area contributed by atoms with Crippen LogP contribution in [0.4, 0.5) is 0 Å². The molecule has 1 heterocycles. The van der Waals surface area contributed by atoms with Crippen LogP contribution in [0.2, 0.25) is 5.02 Å². The van der Waals surface area contributed by atoms with Crippen LogP contribution in [0.3, 0.4) is 0 Å². The summed E-state index contributed by atoms with van der Waals surface area (Å²) >= 11 is 7.68. The molecule has 0 spiro atoms. The van der Waals surface area contributed by atoms with Crippen molar-refractivity contribution >= 4 is 34.3 Å². The van der Waals surface area contributed by atoms with Crippen LogP contribution in [-0.4, -0.2) is 7.11 Å². The van der Waals surface area contributed by atoms with E-state index in [4.69, 9.17) is 20.8 Å². The van der Waals surface area contributed by atoms with Crippen LogP contribution in [-0.2, 0) is 0 Å². The van der Waals surface area contributed by atoms with Crippen LogP contribution in [0.5, 0.6) is 5.75 Å². The molecule has 0 fully saturated rings. The highest BCUT2D eigenvalue weighted by atomic mass is 35.5. The summed E-state index contributed by atoms with van der Waals surface area (Å²) in [6.45, 7) is 0. The summed E-state index contributed by atoms with van der Waals surface area (Å²) in [5.41, 5.74) is 1.90. The predicted molar refractivity (Wildman–Crippen MR) is 104 cm³/mol. The van der Waals surface area contributed by atoms with Crippen LogP contribution in [0.25, 0.3) is 22.3 Å². The van der Waals surface area contributed by atoms with Gasteiger partial charge in [0.2, 0.25) is 0 Å². The van der Waals surface area contributed by atoms with E-state index in [2.05, 4.69) is 6.07 Å². The molecule has 3 aromatic carbocycles. The van der Waals surface area contributed by atoms with Gasteiger partial charge in [-0.25, -0.2) is 0 Å². The Bertz CT molecular complexity index is 1000. The number of hydrogen-bond donors (Lipinski definition) is 0. The van der Waals surface area contributed by atoms with Crippen molar-refractivity contribution in [2.24, 2.45) is 0 Å². The molecule has 0 N–H and O–H groups in total. The molecule has 0 atom stereocenters. The zero-order valence-corrected chi connectivity index (χ0v) is 15.1. The summed E-state index contributed by atoms with van der Waals surface area (Å²) in [7, 11) is 1.66. The molecule has 0 bridgehead atoms. The van der Waals surface area contributed by atoms with Crippen LogP contribution in [0, 0.1) is 0 Å². The van der Waals surface area contributed by atoms with Gasteiger partial charge in [0.1, 0.15) is 17.1 Å². The third-order valence-electron chi connectivity index (χ3n) is 3.94. The molecule has 0 unspecified atom stereocenters. The molecule has 2 nitrogen and oxygen atoms in total. The van der Waals surface area contributed by atoms with Crippen LogP contribution >= 0.6 is 23.4 Å². The number of ether oxygens (including phenoxy) is 1. The summed E-state index contributed by atoms with van der Waals surface area (Å²) < 4.78 is 11.4. The molecule has 25 heavy (non-hydrogen) atoms. The first-order valence-electron chi connectivity index (χ1n) is 7.84. The molecular formula is C21H15ClO2S. The first kappa shape index (κ1) is 16.1. The summed E-state index contributed by atoms with van der Waals surface area (Å²) in [5, 5.41) is 1.84. The minimum Gasteiger partial charge on any atom is -0.497 e. The monoisotopic (exact) mass is 366 g/mol. The van der Waals surface area contributed by atoms with E-state index in [0.717, 1.165) is 42.9 Å². The predicted octanol–water partition coefficient (Wildman–Crippen LogP) is 6.91. The highest BCUT2D eigenvalue weighted by Crippen LogP contribution is 2.43. The van der Waals surface area contributed by atoms with E-state index < -0.39 is 0 Å². The normalized spacial score (nSPS) is 11.0. The lowest BCUT2D eigenvalue weighted by molar-refractivity contribution is 0.415. The Morgan fingerprint density at radius 1 is 0.880 bits per heavy atom. The number of rotatable bonds is 4. The minimum absolute atomic E-state index is 0.733. The molecule has 0 radical (unpaired) electrons. The maximum absolute atomic E-state index is 6.17. The van der Waals surface area contributed by atoms with Gasteiger partial charge < -0.3 is 9.15 Å². The van der Waals surface area contributed by atoms with Gasteiger partial charge in [0.05, 0.1) is 12.0 Å². The van der Waals surface area contributed by atoms with Crippen molar-refractivity contribution in [2.45, 2.75) is 9.79 Å². The van der Waals surface area contributed by atoms with E-state index in [1.54, 1.807) is 18.9 Å². The van der Waals surface area contributed by atoms with E-state index in [-0.39, 0.29) is 0 Å². The fourth-order valence-electron chi connectivity index (χ4n) is 2.68. The van der Waals surface area contributed by atoms with Crippen molar-refractivity contribution in [1.82, 2.24) is 0 Å². The van der Waals surface area contributed by atoms with E-state index in [1.807, 2.05) is 66.7 Å². The van der Waals surface area contributed by atoms with Crippen LogP contribution < -0.4 is 4.74 Å². The van der Waals surface area contributed by atoms with Gasteiger partial charge in [-0.15, -0.1) is 0 Å². The van der Waals surface area contributed by atoms with Crippen LogP contribution in [0.1, 0.15) is 0 Å². The minimum atomic E-state index is 0.733. The quantitative estimate of drug-likeness (QED) is 0.391. The Balaban J connectivity index is 1.83. The van der Waals surface area contributed by atoms with Gasteiger partial charge in [-0.3, -0.25) is 0 Å². The Kier molecular flexibility index (Phi) is 4.43. The lowest BCUT2D eigenvalue weighted by atomic mass is 10.1. The van der Waals surface area contributed by atoms with Crippen molar-refractivity contribution in [3.05, 3.63) is 77.8 Å². The fraction of sp³-hybridized carbons (Fsp3) is 0.0476. The topological polar surface area (TPSA) is 22.4 Å². The molecular weight excluding hydrogens is 352 g/mol. The summed E-state index contributed by atoms with van der Waals surface area (Å²) in [5.74, 6) is 1.69. The SMILES string of the molecule is COc1ccc(-c2oc3ccccc3c2Sc2ccc(Cl)cc2)cc1. The van der Waals surface area contributed by atoms with Gasteiger partial charge in [0.15, 0.2) is 0 Å². The third kappa shape index (κ3) is 3.26. The van der Waals surface area contributed by atoms with Crippen molar-refractivity contribution < 1.29 is 9.15 Å². The zero-order chi connectivity index (χ0) is 17.2. The van der Waals surface area contributed by atoms with Gasteiger partial charge in [0, 0.05) is 20.9 Å². The molecule has 4 heteroatoms. The molecule has 124 valence electrons. The van der Waals surface area contributed by atoms with E-state index in [0.29, 0.717) is 0 Å². The van der Waals surface area contributed by atoms with Crippen molar-refractivity contribution in [2.75, 3.05) is 7.11 Å². The van der Waals surface area contributed by atoms with Crippen molar-refractivity contribution in [3.8, 4) is 17.1 Å². The van der Waals surface area contributed by atoms with Gasteiger partial charge >= 0.3 is 0 Å². The van der Waals surface area contributed by atoms with Gasteiger partial charge in [0.25, 0.3) is 0 Å². The smallest absolute Gasteiger partial charge is 0.149 e. The molecule has 4 aromatic rings. The summed E-state index contributed by atoms with van der Waals surface area (Å²) in [6.07, 6.45) is 0. The second kappa shape index (κ2) is 6.87. The molecule has 1 aromatic heterocycles. The largest absolute Gasteiger partial charge is 0.497 e. The molecule has 0 saturated heterocycles. The lowest BCUT2D eigenvalue weighted by Gasteiger charge is -2.05. The number of benzene rings is 3. The number of furan rings is 1. The maximum Gasteiger partial charge on any atom is 0.149 e. The molecule has 0 saturated carbocycles. The van der Waals surface area contributed by atoms with Gasteiger partial charge in [-0.05, 0) is 60.7 Å². The highest BCUT2D eigenvalue weighted by molar-refractivity contribution is 7.99.